The van der Waals surface area contributed by atoms with E-state index in [1.54, 1.807) is 12.1 Å². The summed E-state index contributed by atoms with van der Waals surface area (Å²) in [5, 5.41) is 13.6. The van der Waals surface area contributed by atoms with Crippen LogP contribution in [0, 0.1) is 10.1 Å². The van der Waals surface area contributed by atoms with Gasteiger partial charge in [-0.1, -0.05) is 40.2 Å². The molecule has 1 aromatic heterocycles. The maximum absolute atomic E-state index is 10.8. The maximum Gasteiger partial charge on any atom is 0.270 e. The van der Waals surface area contributed by atoms with Crippen LogP contribution in [0.2, 0.25) is 0 Å². The first-order valence-corrected chi connectivity index (χ1v) is 7.77. The summed E-state index contributed by atoms with van der Waals surface area (Å²) in [6, 6.07) is 14.4. The van der Waals surface area contributed by atoms with Crippen molar-refractivity contribution >= 4 is 33.0 Å². The van der Waals surface area contributed by atoms with E-state index in [9.17, 15) is 10.1 Å². The molecule has 0 spiro atoms. The van der Waals surface area contributed by atoms with Crippen molar-refractivity contribution in [1.82, 2.24) is 4.98 Å². The molecule has 0 atom stereocenters. The smallest absolute Gasteiger partial charge is 0.258 e. The number of benzene rings is 2. The van der Waals surface area contributed by atoms with Crippen molar-refractivity contribution in [3.63, 3.8) is 0 Å². The molecule has 6 heteroatoms. The number of nitro groups is 1. The number of rotatable bonds is 3. The van der Waals surface area contributed by atoms with Crippen molar-refractivity contribution in [3.8, 4) is 21.8 Å². The van der Waals surface area contributed by atoms with E-state index in [1.807, 2.05) is 35.7 Å². The van der Waals surface area contributed by atoms with Crippen LogP contribution in [-0.2, 0) is 0 Å². The fraction of sp³-hybridized carbons (Fsp3) is 0. The molecule has 104 valence electrons. The second kappa shape index (κ2) is 5.75. The van der Waals surface area contributed by atoms with Crippen LogP contribution in [0.3, 0.4) is 0 Å². The first-order chi connectivity index (χ1) is 10.1. The van der Waals surface area contributed by atoms with Gasteiger partial charge >= 0.3 is 0 Å². The van der Waals surface area contributed by atoms with Crippen LogP contribution in [0.4, 0.5) is 5.69 Å². The van der Waals surface area contributed by atoms with Gasteiger partial charge in [0.05, 0.1) is 10.6 Å². The van der Waals surface area contributed by atoms with Gasteiger partial charge in [0.1, 0.15) is 5.01 Å². The third-order valence-electron chi connectivity index (χ3n) is 2.93. The molecular weight excluding hydrogens is 352 g/mol. The highest BCUT2D eigenvalue weighted by Crippen LogP contribution is 2.31. The average Bonchev–Trinajstić information content (AvgIpc) is 2.97. The molecule has 0 aliphatic rings. The fourth-order valence-electron chi connectivity index (χ4n) is 1.94. The summed E-state index contributed by atoms with van der Waals surface area (Å²) in [6.07, 6.45) is 0. The molecule has 21 heavy (non-hydrogen) atoms. The zero-order chi connectivity index (χ0) is 14.8. The van der Waals surface area contributed by atoms with E-state index in [4.69, 9.17) is 0 Å². The van der Waals surface area contributed by atoms with Crippen LogP contribution in [0.25, 0.3) is 21.8 Å². The third kappa shape index (κ3) is 3.01. The molecule has 0 saturated carbocycles. The summed E-state index contributed by atoms with van der Waals surface area (Å²) < 4.78 is 0.991. The largest absolute Gasteiger partial charge is 0.270 e. The minimum Gasteiger partial charge on any atom is -0.258 e. The lowest BCUT2D eigenvalue weighted by atomic mass is 10.2. The highest BCUT2D eigenvalue weighted by Gasteiger charge is 2.11. The number of hydrogen-bond donors (Lipinski definition) is 0. The molecule has 0 saturated heterocycles. The average molecular weight is 361 g/mol. The molecule has 3 aromatic rings. The first kappa shape index (κ1) is 13.9. The number of non-ortho nitro benzene ring substituents is 1. The minimum absolute atomic E-state index is 0.0757. The van der Waals surface area contributed by atoms with Gasteiger partial charge in [0.15, 0.2) is 0 Å². The number of aromatic nitrogens is 1. The van der Waals surface area contributed by atoms with E-state index < -0.39 is 4.92 Å². The Labute approximate surface area is 133 Å². The van der Waals surface area contributed by atoms with Gasteiger partial charge in [-0.05, 0) is 12.1 Å². The van der Waals surface area contributed by atoms with Crippen LogP contribution in [-0.4, -0.2) is 9.91 Å². The molecule has 4 nitrogen and oxygen atoms in total. The zero-order valence-electron chi connectivity index (χ0n) is 10.7. The summed E-state index contributed by atoms with van der Waals surface area (Å²) >= 11 is 4.91. The van der Waals surface area contributed by atoms with E-state index in [0.717, 1.165) is 26.3 Å². The van der Waals surface area contributed by atoms with E-state index in [1.165, 1.54) is 17.4 Å². The van der Waals surface area contributed by atoms with Gasteiger partial charge in [0.25, 0.3) is 5.69 Å². The molecule has 2 aromatic carbocycles. The molecule has 0 aliphatic heterocycles. The van der Waals surface area contributed by atoms with Crippen molar-refractivity contribution < 1.29 is 4.92 Å². The SMILES string of the molecule is O=[N+]([O-])c1cccc(-c2nc(-c3cccc(Br)c3)cs2)c1. The Hall–Kier alpha value is -2.05. The van der Waals surface area contributed by atoms with E-state index >= 15 is 0 Å². The Morgan fingerprint density at radius 1 is 1.10 bits per heavy atom. The van der Waals surface area contributed by atoms with Crippen molar-refractivity contribution in [3.05, 3.63) is 68.5 Å². The lowest BCUT2D eigenvalue weighted by molar-refractivity contribution is -0.384. The Balaban J connectivity index is 1.98. The molecule has 1 heterocycles. The van der Waals surface area contributed by atoms with Crippen LogP contribution < -0.4 is 0 Å². The van der Waals surface area contributed by atoms with Crippen molar-refractivity contribution in [2.24, 2.45) is 0 Å². The van der Waals surface area contributed by atoms with Gasteiger partial charge in [-0.3, -0.25) is 10.1 Å². The monoisotopic (exact) mass is 360 g/mol. The second-order valence-electron chi connectivity index (χ2n) is 4.36. The Bertz CT molecular complexity index is 817. The Morgan fingerprint density at radius 2 is 1.86 bits per heavy atom. The maximum atomic E-state index is 10.8. The van der Waals surface area contributed by atoms with E-state index in [2.05, 4.69) is 20.9 Å². The summed E-state index contributed by atoms with van der Waals surface area (Å²) in [7, 11) is 0. The van der Waals surface area contributed by atoms with Gasteiger partial charge in [0.2, 0.25) is 0 Å². The number of thiazole rings is 1. The lowest BCUT2D eigenvalue weighted by Crippen LogP contribution is -1.87. The quantitative estimate of drug-likeness (QED) is 0.479. The summed E-state index contributed by atoms with van der Waals surface area (Å²) in [5.41, 5.74) is 2.71. The molecule has 0 bridgehead atoms. The molecule has 0 N–H and O–H groups in total. The van der Waals surface area contributed by atoms with Crippen molar-refractivity contribution in [2.75, 3.05) is 0 Å². The zero-order valence-corrected chi connectivity index (χ0v) is 13.1. The van der Waals surface area contributed by atoms with Crippen molar-refractivity contribution in [1.29, 1.82) is 0 Å². The number of hydrogen-bond acceptors (Lipinski definition) is 4. The van der Waals surface area contributed by atoms with E-state index in [-0.39, 0.29) is 5.69 Å². The molecule has 0 unspecified atom stereocenters. The predicted octanol–water partition coefficient (Wildman–Crippen LogP) is 5.15. The lowest BCUT2D eigenvalue weighted by Gasteiger charge is -1.98. The van der Waals surface area contributed by atoms with Gasteiger partial charge in [0, 0.05) is 33.1 Å². The number of halogens is 1. The molecular formula is C15H9BrN2O2S. The summed E-state index contributed by atoms with van der Waals surface area (Å²) in [5.74, 6) is 0. The van der Waals surface area contributed by atoms with Gasteiger partial charge in [-0.15, -0.1) is 11.3 Å². The van der Waals surface area contributed by atoms with Gasteiger partial charge in [-0.2, -0.15) is 0 Å². The molecule has 0 aliphatic carbocycles. The van der Waals surface area contributed by atoms with Crippen LogP contribution >= 0.6 is 27.3 Å². The molecule has 0 fully saturated rings. The minimum atomic E-state index is -0.397. The van der Waals surface area contributed by atoms with Crippen LogP contribution in [0.15, 0.2) is 58.4 Å². The van der Waals surface area contributed by atoms with Gasteiger partial charge < -0.3 is 0 Å². The van der Waals surface area contributed by atoms with Gasteiger partial charge in [-0.25, -0.2) is 4.98 Å². The Morgan fingerprint density at radius 3 is 2.62 bits per heavy atom. The normalized spacial score (nSPS) is 10.5. The first-order valence-electron chi connectivity index (χ1n) is 6.10. The summed E-state index contributed by atoms with van der Waals surface area (Å²) in [6.45, 7) is 0. The molecule has 0 radical (unpaired) electrons. The second-order valence-corrected chi connectivity index (χ2v) is 6.13. The van der Waals surface area contributed by atoms with Crippen LogP contribution in [0.1, 0.15) is 0 Å². The number of nitrogens with zero attached hydrogens (tertiary/aromatic N) is 2. The topological polar surface area (TPSA) is 56.0 Å². The van der Waals surface area contributed by atoms with Crippen LogP contribution in [0.5, 0.6) is 0 Å². The van der Waals surface area contributed by atoms with Crippen molar-refractivity contribution in [2.45, 2.75) is 0 Å². The summed E-state index contributed by atoms with van der Waals surface area (Å²) in [4.78, 5) is 15.0. The molecule has 0 amide bonds. The number of nitro benzene ring substituents is 1. The predicted molar refractivity (Wildman–Crippen MR) is 87.3 cm³/mol. The highest BCUT2D eigenvalue weighted by molar-refractivity contribution is 9.10. The third-order valence-corrected chi connectivity index (χ3v) is 4.31. The molecule has 3 rings (SSSR count). The fourth-order valence-corrected chi connectivity index (χ4v) is 3.16. The highest BCUT2D eigenvalue weighted by atomic mass is 79.9. The Kier molecular flexibility index (Phi) is 3.81. The standard InChI is InChI=1S/C15H9BrN2O2S/c16-12-5-1-3-10(7-12)14-9-21-15(17-14)11-4-2-6-13(8-11)18(19)20/h1-9H. The van der Waals surface area contributed by atoms with E-state index in [0.29, 0.717) is 0 Å².